The lowest BCUT2D eigenvalue weighted by Gasteiger charge is -1.94. The van der Waals surface area contributed by atoms with Crippen LogP contribution in [0.15, 0.2) is 40.1 Å². The summed E-state index contributed by atoms with van der Waals surface area (Å²) in [6.45, 7) is 1.79. The number of hydrogen-bond donors (Lipinski definition) is 1. The number of thioether (sulfide) groups is 1. The summed E-state index contributed by atoms with van der Waals surface area (Å²) in [4.78, 5) is 3.16. The molecule has 0 spiro atoms. The van der Waals surface area contributed by atoms with E-state index in [2.05, 4.69) is 21.3 Å². The SMILES string of the molecule is C[C@H](C#N)Sc1nnc(-c2c[nH]c3ccccc23)o1. The van der Waals surface area contributed by atoms with Crippen molar-refractivity contribution in [3.8, 4) is 17.5 Å². The van der Waals surface area contributed by atoms with Crippen LogP contribution in [0.1, 0.15) is 6.92 Å². The van der Waals surface area contributed by atoms with Gasteiger partial charge in [-0.2, -0.15) is 5.26 Å². The van der Waals surface area contributed by atoms with Gasteiger partial charge in [-0.05, 0) is 24.8 Å². The van der Waals surface area contributed by atoms with Gasteiger partial charge in [0.2, 0.25) is 0 Å². The summed E-state index contributed by atoms with van der Waals surface area (Å²) < 4.78 is 5.58. The predicted octanol–water partition coefficient (Wildman–Crippen LogP) is 3.22. The van der Waals surface area contributed by atoms with Gasteiger partial charge in [-0.25, -0.2) is 0 Å². The van der Waals surface area contributed by atoms with Crippen LogP contribution in [-0.2, 0) is 0 Å². The fourth-order valence-corrected chi connectivity index (χ4v) is 2.36. The molecule has 0 aliphatic rings. The largest absolute Gasteiger partial charge is 0.411 e. The van der Waals surface area contributed by atoms with Gasteiger partial charge in [0, 0.05) is 17.1 Å². The van der Waals surface area contributed by atoms with E-state index in [1.165, 1.54) is 11.8 Å². The Morgan fingerprint density at radius 3 is 3.05 bits per heavy atom. The molecule has 0 aliphatic carbocycles. The molecule has 5 nitrogen and oxygen atoms in total. The molecule has 2 aromatic heterocycles. The Morgan fingerprint density at radius 2 is 2.21 bits per heavy atom. The molecule has 2 heterocycles. The summed E-state index contributed by atoms with van der Waals surface area (Å²) in [7, 11) is 0. The van der Waals surface area contributed by atoms with Gasteiger partial charge in [0.05, 0.1) is 16.9 Å². The Labute approximate surface area is 113 Å². The van der Waals surface area contributed by atoms with E-state index in [9.17, 15) is 0 Å². The summed E-state index contributed by atoms with van der Waals surface area (Å²) in [6, 6.07) is 10.0. The molecule has 1 aromatic carbocycles. The molecule has 0 radical (unpaired) electrons. The van der Waals surface area contributed by atoms with Gasteiger partial charge in [-0.3, -0.25) is 0 Å². The second-order valence-corrected chi connectivity index (χ2v) is 5.30. The second-order valence-electron chi connectivity index (χ2n) is 4.01. The molecule has 0 amide bonds. The zero-order chi connectivity index (χ0) is 13.2. The summed E-state index contributed by atoms with van der Waals surface area (Å²) in [5.74, 6) is 0.463. The van der Waals surface area contributed by atoms with Gasteiger partial charge in [-0.1, -0.05) is 18.2 Å². The normalized spacial score (nSPS) is 12.4. The number of nitriles is 1. The molecule has 1 atom stereocenters. The highest BCUT2D eigenvalue weighted by Crippen LogP contribution is 2.30. The van der Waals surface area contributed by atoms with Crippen molar-refractivity contribution in [2.24, 2.45) is 0 Å². The number of nitrogens with zero attached hydrogens (tertiary/aromatic N) is 3. The number of hydrogen-bond acceptors (Lipinski definition) is 5. The smallest absolute Gasteiger partial charge is 0.278 e. The molecule has 3 rings (SSSR count). The minimum Gasteiger partial charge on any atom is -0.411 e. The lowest BCUT2D eigenvalue weighted by molar-refractivity contribution is 0.466. The highest BCUT2D eigenvalue weighted by molar-refractivity contribution is 7.99. The first kappa shape index (κ1) is 11.8. The molecule has 19 heavy (non-hydrogen) atoms. The maximum absolute atomic E-state index is 8.76. The number of aromatic amines is 1. The molecule has 0 fully saturated rings. The van der Waals surface area contributed by atoms with Crippen LogP contribution >= 0.6 is 11.8 Å². The van der Waals surface area contributed by atoms with Crippen LogP contribution in [0.25, 0.3) is 22.4 Å². The average Bonchev–Trinajstić information content (AvgIpc) is 3.04. The number of aromatic nitrogens is 3. The molecule has 1 N–H and O–H groups in total. The third kappa shape index (κ3) is 2.20. The van der Waals surface area contributed by atoms with Gasteiger partial charge < -0.3 is 9.40 Å². The Morgan fingerprint density at radius 1 is 1.37 bits per heavy atom. The van der Waals surface area contributed by atoms with E-state index in [0.717, 1.165) is 16.5 Å². The van der Waals surface area contributed by atoms with Gasteiger partial charge in [0.1, 0.15) is 0 Å². The first-order valence-electron chi connectivity index (χ1n) is 5.74. The Kier molecular flexibility index (Phi) is 2.97. The van der Waals surface area contributed by atoms with Crippen molar-refractivity contribution >= 4 is 22.7 Å². The van der Waals surface area contributed by atoms with Crippen molar-refractivity contribution in [1.82, 2.24) is 15.2 Å². The monoisotopic (exact) mass is 270 g/mol. The topological polar surface area (TPSA) is 78.5 Å². The maximum atomic E-state index is 8.76. The van der Waals surface area contributed by atoms with Crippen molar-refractivity contribution in [3.05, 3.63) is 30.5 Å². The zero-order valence-electron chi connectivity index (χ0n) is 10.1. The predicted molar refractivity (Wildman–Crippen MR) is 72.5 cm³/mol. The Bertz CT molecular complexity index is 755. The maximum Gasteiger partial charge on any atom is 0.278 e. The van der Waals surface area contributed by atoms with Crippen molar-refractivity contribution in [2.45, 2.75) is 17.4 Å². The number of para-hydroxylation sites is 1. The summed E-state index contributed by atoms with van der Waals surface area (Å²) in [5.41, 5.74) is 1.90. The van der Waals surface area contributed by atoms with Crippen LogP contribution < -0.4 is 0 Å². The van der Waals surface area contributed by atoms with E-state index >= 15 is 0 Å². The molecule has 0 saturated heterocycles. The Balaban J connectivity index is 1.97. The molecular weight excluding hydrogens is 260 g/mol. The molecular formula is C13H10N4OS. The van der Waals surface area contributed by atoms with E-state index < -0.39 is 0 Å². The second kappa shape index (κ2) is 4.78. The van der Waals surface area contributed by atoms with Crippen LogP contribution in [0.4, 0.5) is 0 Å². The van der Waals surface area contributed by atoms with E-state index in [1.54, 1.807) is 6.92 Å². The third-order valence-electron chi connectivity index (χ3n) is 2.69. The van der Waals surface area contributed by atoms with Crippen LogP contribution in [0, 0.1) is 11.3 Å². The molecule has 6 heteroatoms. The summed E-state index contributed by atoms with van der Waals surface area (Å²) in [5, 5.41) is 18.0. The van der Waals surface area contributed by atoms with Crippen molar-refractivity contribution in [2.75, 3.05) is 0 Å². The fraction of sp³-hybridized carbons (Fsp3) is 0.154. The van der Waals surface area contributed by atoms with Crippen LogP contribution in [0.5, 0.6) is 0 Å². The average molecular weight is 270 g/mol. The van der Waals surface area contributed by atoms with Gasteiger partial charge in [0.25, 0.3) is 11.1 Å². The number of rotatable bonds is 3. The van der Waals surface area contributed by atoms with Crippen molar-refractivity contribution < 1.29 is 4.42 Å². The van der Waals surface area contributed by atoms with Gasteiger partial charge >= 0.3 is 0 Å². The minimum atomic E-state index is -0.212. The van der Waals surface area contributed by atoms with E-state index in [1.807, 2.05) is 30.5 Å². The number of nitrogens with one attached hydrogen (secondary N) is 1. The molecule has 0 aliphatic heterocycles. The Hall–Kier alpha value is -2.26. The fourth-order valence-electron chi connectivity index (χ4n) is 1.79. The van der Waals surface area contributed by atoms with Crippen LogP contribution in [-0.4, -0.2) is 20.4 Å². The van der Waals surface area contributed by atoms with Gasteiger partial charge in [0.15, 0.2) is 0 Å². The summed E-state index contributed by atoms with van der Waals surface area (Å²) in [6.07, 6.45) is 1.85. The summed E-state index contributed by atoms with van der Waals surface area (Å²) >= 11 is 1.26. The highest BCUT2D eigenvalue weighted by atomic mass is 32.2. The number of fused-ring (bicyclic) bond motifs is 1. The standard InChI is InChI=1S/C13H10N4OS/c1-8(6-14)19-13-17-16-12(18-13)10-7-15-11-5-3-2-4-9(10)11/h2-5,7-8,15H,1H3/t8-/m1/s1. The lowest BCUT2D eigenvalue weighted by Crippen LogP contribution is -1.88. The van der Waals surface area contributed by atoms with Gasteiger partial charge in [-0.15, -0.1) is 10.2 Å². The first-order valence-corrected chi connectivity index (χ1v) is 6.62. The molecule has 3 aromatic rings. The van der Waals surface area contributed by atoms with E-state index in [-0.39, 0.29) is 5.25 Å². The van der Waals surface area contributed by atoms with Crippen LogP contribution in [0.3, 0.4) is 0 Å². The molecule has 0 saturated carbocycles. The molecule has 94 valence electrons. The molecule has 0 bridgehead atoms. The zero-order valence-corrected chi connectivity index (χ0v) is 10.9. The lowest BCUT2D eigenvalue weighted by atomic mass is 10.2. The van der Waals surface area contributed by atoms with Crippen molar-refractivity contribution in [3.63, 3.8) is 0 Å². The first-order chi connectivity index (χ1) is 9.28. The number of H-pyrrole nitrogens is 1. The van der Waals surface area contributed by atoms with E-state index in [4.69, 9.17) is 9.68 Å². The minimum absolute atomic E-state index is 0.212. The van der Waals surface area contributed by atoms with Crippen molar-refractivity contribution in [1.29, 1.82) is 5.26 Å². The quantitative estimate of drug-likeness (QED) is 0.739. The number of benzene rings is 1. The highest BCUT2D eigenvalue weighted by Gasteiger charge is 2.14. The van der Waals surface area contributed by atoms with Crippen LogP contribution in [0.2, 0.25) is 0 Å². The third-order valence-corrected chi connectivity index (χ3v) is 3.51. The van der Waals surface area contributed by atoms with E-state index in [0.29, 0.717) is 11.1 Å². The molecule has 0 unspecified atom stereocenters.